The number of carboxylic acid groups (broad SMARTS) is 1. The topological polar surface area (TPSA) is 148 Å². The molecule has 8 heteroatoms. The summed E-state index contributed by atoms with van der Waals surface area (Å²) < 4.78 is 0. The maximum atomic E-state index is 11.7. The molecule has 2 amide bonds. The van der Waals surface area contributed by atoms with Crippen molar-refractivity contribution in [2.45, 2.75) is 0 Å². The zero-order valence-corrected chi connectivity index (χ0v) is 10.7. The molecule has 2 rings (SSSR count). The summed E-state index contributed by atoms with van der Waals surface area (Å²) in [6.45, 7) is 0. The van der Waals surface area contributed by atoms with Crippen molar-refractivity contribution in [1.29, 1.82) is 0 Å². The highest BCUT2D eigenvalue weighted by Crippen LogP contribution is 2.24. The van der Waals surface area contributed by atoms with Crippen LogP contribution in [0.2, 0.25) is 0 Å². The quantitative estimate of drug-likeness (QED) is 0.299. The second-order valence-corrected chi connectivity index (χ2v) is 4.18. The summed E-state index contributed by atoms with van der Waals surface area (Å²) in [5.41, 5.74) is 3.70. The van der Waals surface area contributed by atoms with Crippen molar-refractivity contribution < 1.29 is 19.5 Å². The Morgan fingerprint density at radius 1 is 0.952 bits per heavy atom. The number of benzene rings is 2. The van der Waals surface area contributed by atoms with E-state index in [0.29, 0.717) is 5.39 Å². The molecule has 0 radical (unpaired) electrons. The van der Waals surface area contributed by atoms with Crippen LogP contribution in [0.3, 0.4) is 0 Å². The van der Waals surface area contributed by atoms with Crippen LogP contribution in [0.5, 0.6) is 0 Å². The van der Waals surface area contributed by atoms with E-state index in [2.05, 4.69) is 0 Å². The molecule has 108 valence electrons. The minimum absolute atomic E-state index is 0.0946. The number of rotatable bonds is 3. The fraction of sp³-hybridized carbons (Fsp3) is 0. The Hall–Kier alpha value is -2.97. The minimum atomic E-state index is -1.30. The highest BCUT2D eigenvalue weighted by atomic mass is 16.4. The lowest BCUT2D eigenvalue weighted by molar-refractivity contribution is 0.0693. The Morgan fingerprint density at radius 2 is 1.57 bits per heavy atom. The molecule has 0 bridgehead atoms. The van der Waals surface area contributed by atoms with Crippen LogP contribution in [0.4, 0.5) is 0 Å². The van der Waals surface area contributed by atoms with Gasteiger partial charge in [-0.1, -0.05) is 12.1 Å². The molecule has 0 unspecified atom stereocenters. The number of nitrogen functional groups attached to an aromatic ring is 2. The summed E-state index contributed by atoms with van der Waals surface area (Å²) in [5, 5.41) is 10.2. The standard InChI is InChI=1S/C13H12N4O4/c14-16-11(18)7-2-1-6-3-4-8(12(19)17-15)10(13(20)21)9(6)5-7/h1-5H,14-15H2,(H,16,18)(H,17,19)(H,20,21). The minimum Gasteiger partial charge on any atom is -0.478 e. The molecule has 0 aliphatic rings. The molecule has 0 heterocycles. The van der Waals surface area contributed by atoms with Gasteiger partial charge in [0.25, 0.3) is 11.8 Å². The van der Waals surface area contributed by atoms with Crippen LogP contribution in [0, 0.1) is 0 Å². The van der Waals surface area contributed by atoms with Crippen molar-refractivity contribution in [3.63, 3.8) is 0 Å². The normalized spacial score (nSPS) is 10.2. The largest absolute Gasteiger partial charge is 0.478 e. The lowest BCUT2D eigenvalue weighted by atomic mass is 9.96. The molecule has 21 heavy (non-hydrogen) atoms. The van der Waals surface area contributed by atoms with E-state index in [4.69, 9.17) is 11.7 Å². The van der Waals surface area contributed by atoms with E-state index in [1.807, 2.05) is 10.9 Å². The van der Waals surface area contributed by atoms with Crippen LogP contribution < -0.4 is 22.5 Å². The second-order valence-electron chi connectivity index (χ2n) is 4.18. The first-order chi connectivity index (χ1) is 9.99. The average Bonchev–Trinajstić information content (AvgIpc) is 2.51. The van der Waals surface area contributed by atoms with Gasteiger partial charge in [0.2, 0.25) is 0 Å². The van der Waals surface area contributed by atoms with Gasteiger partial charge in [0.05, 0.1) is 11.1 Å². The maximum Gasteiger partial charge on any atom is 0.337 e. The number of hydrazine groups is 2. The van der Waals surface area contributed by atoms with Crippen molar-refractivity contribution in [3.8, 4) is 0 Å². The summed E-state index contributed by atoms with van der Waals surface area (Å²) in [7, 11) is 0. The Balaban J connectivity index is 2.80. The molecule has 2 aromatic carbocycles. The van der Waals surface area contributed by atoms with Crippen LogP contribution in [-0.2, 0) is 0 Å². The molecule has 0 atom stereocenters. The Labute approximate surface area is 118 Å². The molecule has 0 aromatic heterocycles. The van der Waals surface area contributed by atoms with E-state index in [0.717, 1.165) is 0 Å². The van der Waals surface area contributed by atoms with E-state index in [-0.39, 0.29) is 22.1 Å². The average molecular weight is 288 g/mol. The highest BCUT2D eigenvalue weighted by molar-refractivity contribution is 6.14. The lowest BCUT2D eigenvalue weighted by Gasteiger charge is -2.10. The van der Waals surface area contributed by atoms with E-state index in [1.54, 1.807) is 12.1 Å². The Bertz CT molecular complexity index is 752. The molecule has 0 saturated heterocycles. The van der Waals surface area contributed by atoms with Gasteiger partial charge in [-0.3, -0.25) is 20.4 Å². The first-order valence-electron chi connectivity index (χ1n) is 5.81. The first kappa shape index (κ1) is 14.4. The maximum absolute atomic E-state index is 11.7. The van der Waals surface area contributed by atoms with Crippen molar-refractivity contribution in [1.82, 2.24) is 10.9 Å². The van der Waals surface area contributed by atoms with E-state index in [9.17, 15) is 19.5 Å². The molecular weight excluding hydrogens is 276 g/mol. The van der Waals surface area contributed by atoms with Crippen molar-refractivity contribution in [2.75, 3.05) is 0 Å². The fourth-order valence-electron chi connectivity index (χ4n) is 2.04. The van der Waals surface area contributed by atoms with Gasteiger partial charge in [-0.2, -0.15) is 0 Å². The molecule has 0 spiro atoms. The third-order valence-corrected chi connectivity index (χ3v) is 3.00. The molecule has 7 N–H and O–H groups in total. The summed E-state index contributed by atoms with van der Waals surface area (Å²) in [6.07, 6.45) is 0. The summed E-state index contributed by atoms with van der Waals surface area (Å²) in [6, 6.07) is 7.34. The van der Waals surface area contributed by atoms with Gasteiger partial charge in [0.1, 0.15) is 0 Å². The molecular formula is C13H12N4O4. The van der Waals surface area contributed by atoms with Crippen LogP contribution in [0.1, 0.15) is 31.1 Å². The number of amides is 2. The van der Waals surface area contributed by atoms with Gasteiger partial charge < -0.3 is 5.11 Å². The Morgan fingerprint density at radius 3 is 2.14 bits per heavy atom. The predicted octanol–water partition coefficient (Wildman–Crippen LogP) is -0.255. The zero-order chi connectivity index (χ0) is 15.6. The number of aromatic carboxylic acids is 1. The lowest BCUT2D eigenvalue weighted by Crippen LogP contribution is -2.31. The van der Waals surface area contributed by atoms with Crippen LogP contribution in [-0.4, -0.2) is 22.9 Å². The fourth-order valence-corrected chi connectivity index (χ4v) is 2.04. The number of nitrogens with one attached hydrogen (secondary N) is 2. The van der Waals surface area contributed by atoms with E-state index >= 15 is 0 Å². The van der Waals surface area contributed by atoms with Crippen LogP contribution in [0.25, 0.3) is 10.8 Å². The number of hydrogen-bond donors (Lipinski definition) is 5. The van der Waals surface area contributed by atoms with Gasteiger partial charge in [0, 0.05) is 5.56 Å². The van der Waals surface area contributed by atoms with Gasteiger partial charge in [-0.15, -0.1) is 0 Å². The smallest absolute Gasteiger partial charge is 0.337 e. The van der Waals surface area contributed by atoms with Crippen molar-refractivity contribution in [2.24, 2.45) is 11.7 Å². The van der Waals surface area contributed by atoms with E-state index in [1.165, 1.54) is 18.2 Å². The summed E-state index contributed by atoms with van der Waals surface area (Å²) >= 11 is 0. The molecule has 0 saturated carbocycles. The van der Waals surface area contributed by atoms with Crippen LogP contribution in [0.15, 0.2) is 30.3 Å². The van der Waals surface area contributed by atoms with Gasteiger partial charge in [-0.25, -0.2) is 16.5 Å². The number of fused-ring (bicyclic) bond motifs is 1. The number of nitrogens with two attached hydrogens (primary N) is 2. The van der Waals surface area contributed by atoms with Crippen molar-refractivity contribution in [3.05, 3.63) is 47.0 Å². The molecule has 0 aliphatic carbocycles. The third kappa shape index (κ3) is 2.53. The number of carbonyl (C=O) groups is 3. The summed E-state index contributed by atoms with van der Waals surface area (Å²) in [5.74, 6) is 7.49. The number of carbonyl (C=O) groups excluding carboxylic acids is 2. The monoisotopic (exact) mass is 288 g/mol. The Kier molecular flexibility index (Phi) is 3.83. The van der Waals surface area contributed by atoms with Crippen molar-refractivity contribution >= 4 is 28.6 Å². The van der Waals surface area contributed by atoms with E-state index < -0.39 is 17.8 Å². The molecule has 0 fully saturated rings. The molecule has 8 nitrogen and oxygen atoms in total. The second kappa shape index (κ2) is 5.57. The zero-order valence-electron chi connectivity index (χ0n) is 10.7. The third-order valence-electron chi connectivity index (χ3n) is 3.00. The SMILES string of the molecule is NNC(=O)c1ccc2ccc(C(=O)NN)c(C(=O)O)c2c1. The predicted molar refractivity (Wildman–Crippen MR) is 74.2 cm³/mol. The van der Waals surface area contributed by atoms with Crippen LogP contribution >= 0.6 is 0 Å². The number of hydrogen-bond acceptors (Lipinski definition) is 5. The van der Waals surface area contributed by atoms with Gasteiger partial charge in [-0.05, 0) is 29.0 Å². The number of carboxylic acids is 1. The molecule has 0 aliphatic heterocycles. The summed E-state index contributed by atoms with van der Waals surface area (Å²) in [4.78, 5) is 34.6. The first-order valence-corrected chi connectivity index (χ1v) is 5.81. The van der Waals surface area contributed by atoms with Gasteiger partial charge >= 0.3 is 5.97 Å². The highest BCUT2D eigenvalue weighted by Gasteiger charge is 2.20. The van der Waals surface area contributed by atoms with Gasteiger partial charge in [0.15, 0.2) is 0 Å². The molecule has 2 aromatic rings.